The zero-order chi connectivity index (χ0) is 10.8. The number of carbonyl (C=O) groups excluding carboxylic acids is 1. The van der Waals surface area contributed by atoms with Gasteiger partial charge in [0.25, 0.3) is 0 Å². The molecule has 0 fully saturated rings. The third-order valence-corrected chi connectivity index (χ3v) is 3.10. The average molecular weight is 258 g/mol. The summed E-state index contributed by atoms with van der Waals surface area (Å²) in [6.45, 7) is 0. The van der Waals surface area contributed by atoms with Gasteiger partial charge in [-0.25, -0.2) is 4.98 Å². The molecule has 1 aromatic carbocycles. The summed E-state index contributed by atoms with van der Waals surface area (Å²) in [5.41, 5.74) is 1.25. The predicted molar refractivity (Wildman–Crippen MR) is 63.0 cm³/mol. The lowest BCUT2D eigenvalue weighted by atomic mass is 10.2. The van der Waals surface area contributed by atoms with E-state index in [1.54, 1.807) is 23.6 Å². The number of aldehydes is 1. The van der Waals surface area contributed by atoms with E-state index in [1.165, 1.54) is 11.3 Å². The molecule has 0 atom stereocenters. The first kappa shape index (κ1) is 10.6. The van der Waals surface area contributed by atoms with Crippen molar-refractivity contribution in [3.63, 3.8) is 0 Å². The maximum atomic E-state index is 10.5. The fourth-order valence-electron chi connectivity index (χ4n) is 1.15. The van der Waals surface area contributed by atoms with Crippen molar-refractivity contribution in [1.82, 2.24) is 4.98 Å². The number of rotatable bonds is 2. The molecule has 0 bridgehead atoms. The Morgan fingerprint density at radius 2 is 1.87 bits per heavy atom. The van der Waals surface area contributed by atoms with Gasteiger partial charge in [-0.1, -0.05) is 23.2 Å². The quantitative estimate of drug-likeness (QED) is 0.764. The molecule has 1 heterocycles. The Morgan fingerprint density at radius 1 is 1.20 bits per heavy atom. The molecule has 2 nitrogen and oxygen atoms in total. The highest BCUT2D eigenvalue weighted by Gasteiger charge is 2.06. The van der Waals surface area contributed by atoms with Gasteiger partial charge in [0.1, 0.15) is 10.7 Å². The third-order valence-electron chi connectivity index (χ3n) is 1.75. The number of hydrogen-bond acceptors (Lipinski definition) is 3. The van der Waals surface area contributed by atoms with Crippen molar-refractivity contribution < 1.29 is 4.79 Å². The van der Waals surface area contributed by atoms with Gasteiger partial charge in [0.05, 0.1) is 0 Å². The minimum absolute atomic E-state index is 0.422. The van der Waals surface area contributed by atoms with Crippen LogP contribution in [0.5, 0.6) is 0 Å². The van der Waals surface area contributed by atoms with Crippen molar-refractivity contribution in [1.29, 1.82) is 0 Å². The van der Waals surface area contributed by atoms with Crippen molar-refractivity contribution in [2.75, 3.05) is 0 Å². The predicted octanol–water partition coefficient (Wildman–Crippen LogP) is 3.93. The van der Waals surface area contributed by atoms with Gasteiger partial charge in [0, 0.05) is 21.0 Å². The summed E-state index contributed by atoms with van der Waals surface area (Å²) in [5, 5.41) is 3.54. The van der Waals surface area contributed by atoms with Gasteiger partial charge in [-0.05, 0) is 18.2 Å². The van der Waals surface area contributed by atoms with Gasteiger partial charge in [0.2, 0.25) is 0 Å². The molecular weight excluding hydrogens is 253 g/mol. The van der Waals surface area contributed by atoms with E-state index in [9.17, 15) is 4.79 Å². The molecule has 76 valence electrons. The minimum atomic E-state index is 0.422. The molecule has 1 aromatic heterocycles. The van der Waals surface area contributed by atoms with Crippen LogP contribution in [0.1, 0.15) is 10.5 Å². The van der Waals surface area contributed by atoms with E-state index < -0.39 is 0 Å². The second kappa shape index (κ2) is 4.31. The van der Waals surface area contributed by atoms with Crippen molar-refractivity contribution >= 4 is 40.8 Å². The van der Waals surface area contributed by atoms with Crippen LogP contribution in [0, 0.1) is 0 Å². The van der Waals surface area contributed by atoms with Crippen LogP contribution in [-0.2, 0) is 0 Å². The van der Waals surface area contributed by atoms with Gasteiger partial charge in [-0.3, -0.25) is 4.79 Å². The molecule has 0 aliphatic heterocycles. The Hall–Kier alpha value is -0.900. The number of thiazole rings is 1. The second-order valence-corrected chi connectivity index (χ2v) is 4.58. The molecule has 0 saturated carbocycles. The number of carbonyl (C=O) groups is 1. The average Bonchev–Trinajstić information content (AvgIpc) is 2.64. The normalized spacial score (nSPS) is 10.3. The molecule has 2 aromatic rings. The van der Waals surface area contributed by atoms with Crippen LogP contribution >= 0.6 is 34.5 Å². The van der Waals surface area contributed by atoms with E-state index in [0.717, 1.165) is 10.6 Å². The summed E-state index contributed by atoms with van der Waals surface area (Å²) < 4.78 is 0. The number of nitrogens with zero attached hydrogens (tertiary/aromatic N) is 1. The first-order valence-corrected chi connectivity index (χ1v) is 5.70. The molecule has 0 radical (unpaired) electrons. The highest BCUT2D eigenvalue weighted by Crippen LogP contribution is 2.29. The standard InChI is InChI=1S/C10H5Cl2NOS/c11-7-1-6(2-8(12)3-7)10-13-9(4-14)5-15-10/h1-5H. The molecule has 0 aliphatic carbocycles. The van der Waals surface area contributed by atoms with E-state index >= 15 is 0 Å². The van der Waals surface area contributed by atoms with Crippen molar-refractivity contribution in [3.05, 3.63) is 39.3 Å². The smallest absolute Gasteiger partial charge is 0.169 e. The largest absolute Gasteiger partial charge is 0.296 e. The van der Waals surface area contributed by atoms with Crippen LogP contribution in [0.2, 0.25) is 10.0 Å². The van der Waals surface area contributed by atoms with Crippen LogP contribution < -0.4 is 0 Å². The summed E-state index contributed by atoms with van der Waals surface area (Å²) in [6, 6.07) is 5.18. The maximum absolute atomic E-state index is 10.5. The fraction of sp³-hybridized carbons (Fsp3) is 0. The molecule has 0 saturated heterocycles. The summed E-state index contributed by atoms with van der Waals surface area (Å²) in [7, 11) is 0. The Morgan fingerprint density at radius 3 is 2.40 bits per heavy atom. The lowest BCUT2D eigenvalue weighted by Crippen LogP contribution is -1.80. The van der Waals surface area contributed by atoms with Crippen LogP contribution in [0.15, 0.2) is 23.6 Å². The first-order valence-electron chi connectivity index (χ1n) is 4.06. The van der Waals surface area contributed by atoms with Crippen molar-refractivity contribution in [2.24, 2.45) is 0 Å². The molecule has 15 heavy (non-hydrogen) atoms. The van der Waals surface area contributed by atoms with Crippen LogP contribution in [0.25, 0.3) is 10.6 Å². The fourth-order valence-corrected chi connectivity index (χ4v) is 2.43. The van der Waals surface area contributed by atoms with Gasteiger partial charge < -0.3 is 0 Å². The van der Waals surface area contributed by atoms with E-state index in [2.05, 4.69) is 4.98 Å². The monoisotopic (exact) mass is 257 g/mol. The van der Waals surface area contributed by atoms with Crippen LogP contribution in [0.3, 0.4) is 0 Å². The number of benzene rings is 1. The minimum Gasteiger partial charge on any atom is -0.296 e. The van der Waals surface area contributed by atoms with Gasteiger partial charge in [0.15, 0.2) is 6.29 Å². The first-order chi connectivity index (χ1) is 7.19. The van der Waals surface area contributed by atoms with Crippen molar-refractivity contribution in [3.8, 4) is 10.6 Å². The molecule has 5 heteroatoms. The van der Waals surface area contributed by atoms with Gasteiger partial charge in [-0.2, -0.15) is 0 Å². The molecule has 0 aliphatic rings. The Labute approximate surface area is 100 Å². The van der Waals surface area contributed by atoms with Gasteiger partial charge >= 0.3 is 0 Å². The third kappa shape index (κ3) is 2.37. The Bertz CT molecular complexity index is 490. The summed E-state index contributed by atoms with van der Waals surface area (Å²) >= 11 is 13.1. The van der Waals surface area contributed by atoms with Crippen LogP contribution in [0.4, 0.5) is 0 Å². The number of aromatic nitrogens is 1. The molecular formula is C10H5Cl2NOS. The summed E-state index contributed by atoms with van der Waals surface area (Å²) in [6.07, 6.45) is 0.714. The maximum Gasteiger partial charge on any atom is 0.169 e. The topological polar surface area (TPSA) is 30.0 Å². The molecule has 0 spiro atoms. The number of hydrogen-bond donors (Lipinski definition) is 0. The van der Waals surface area contributed by atoms with E-state index in [0.29, 0.717) is 22.0 Å². The highest BCUT2D eigenvalue weighted by atomic mass is 35.5. The molecule has 0 amide bonds. The van der Waals surface area contributed by atoms with Crippen LogP contribution in [-0.4, -0.2) is 11.3 Å². The molecule has 0 unspecified atom stereocenters. The van der Waals surface area contributed by atoms with E-state index in [-0.39, 0.29) is 0 Å². The zero-order valence-corrected chi connectivity index (χ0v) is 9.73. The second-order valence-electron chi connectivity index (χ2n) is 2.85. The van der Waals surface area contributed by atoms with E-state index in [4.69, 9.17) is 23.2 Å². The van der Waals surface area contributed by atoms with Gasteiger partial charge in [-0.15, -0.1) is 11.3 Å². The lowest BCUT2D eigenvalue weighted by molar-refractivity contribution is 0.111. The zero-order valence-electron chi connectivity index (χ0n) is 7.41. The highest BCUT2D eigenvalue weighted by molar-refractivity contribution is 7.13. The Kier molecular flexibility index (Phi) is 3.05. The molecule has 0 N–H and O–H groups in total. The number of halogens is 2. The Balaban J connectivity index is 2.48. The summed E-state index contributed by atoms with van der Waals surface area (Å²) in [4.78, 5) is 14.6. The van der Waals surface area contributed by atoms with E-state index in [1.807, 2.05) is 0 Å². The SMILES string of the molecule is O=Cc1csc(-c2cc(Cl)cc(Cl)c2)n1. The summed E-state index contributed by atoms with van der Waals surface area (Å²) in [5.74, 6) is 0. The lowest BCUT2D eigenvalue weighted by Gasteiger charge is -1.98. The van der Waals surface area contributed by atoms with Crippen molar-refractivity contribution in [2.45, 2.75) is 0 Å². The molecule has 2 rings (SSSR count).